The van der Waals surface area contributed by atoms with Crippen LogP contribution < -0.4 is 4.90 Å². The van der Waals surface area contributed by atoms with Crippen LogP contribution in [0.1, 0.15) is 5.56 Å². The standard InChI is InChI=1S/C17H19N9/c1-11-7-13-14(8-12(11)15-18-9-19-22-15)26-10-20-23-17(26)16(21-13)25-5-3-24(2)4-6-25/h7-10H,3-6H2,1-2H3,(H,18,19,22). The van der Waals surface area contributed by atoms with E-state index >= 15 is 0 Å². The van der Waals surface area contributed by atoms with Crippen molar-refractivity contribution in [2.45, 2.75) is 6.92 Å². The second-order valence-corrected chi connectivity index (χ2v) is 6.74. The molecule has 1 fully saturated rings. The molecule has 1 aliphatic rings. The number of aryl methyl sites for hydroxylation is 1. The number of fused-ring (bicyclic) bond motifs is 3. The van der Waals surface area contributed by atoms with Gasteiger partial charge in [-0.2, -0.15) is 5.10 Å². The Bertz CT molecular complexity index is 1070. The van der Waals surface area contributed by atoms with Gasteiger partial charge in [-0.3, -0.25) is 9.50 Å². The summed E-state index contributed by atoms with van der Waals surface area (Å²) in [5.74, 6) is 1.64. The molecule has 132 valence electrons. The molecule has 0 bridgehead atoms. The average Bonchev–Trinajstić information content (AvgIpc) is 3.33. The van der Waals surface area contributed by atoms with E-state index in [9.17, 15) is 0 Å². The number of H-pyrrole nitrogens is 1. The summed E-state index contributed by atoms with van der Waals surface area (Å²) in [4.78, 5) is 13.8. The lowest BCUT2D eigenvalue weighted by Crippen LogP contribution is -2.45. The van der Waals surface area contributed by atoms with Gasteiger partial charge in [-0.05, 0) is 31.7 Å². The van der Waals surface area contributed by atoms with E-state index in [1.807, 2.05) is 4.40 Å². The monoisotopic (exact) mass is 349 g/mol. The average molecular weight is 349 g/mol. The Morgan fingerprint density at radius 1 is 1.12 bits per heavy atom. The molecule has 1 aromatic carbocycles. The molecule has 0 atom stereocenters. The number of benzene rings is 1. The number of anilines is 1. The molecule has 0 spiro atoms. The van der Waals surface area contributed by atoms with E-state index in [4.69, 9.17) is 4.98 Å². The highest BCUT2D eigenvalue weighted by Gasteiger charge is 2.21. The van der Waals surface area contributed by atoms with E-state index in [0.717, 1.165) is 65.6 Å². The summed E-state index contributed by atoms with van der Waals surface area (Å²) in [5.41, 5.74) is 4.76. The Morgan fingerprint density at radius 2 is 1.96 bits per heavy atom. The number of piperazine rings is 1. The van der Waals surface area contributed by atoms with Gasteiger partial charge in [0.15, 0.2) is 11.6 Å². The number of hydrogen-bond donors (Lipinski definition) is 1. The van der Waals surface area contributed by atoms with Crippen molar-refractivity contribution in [3.8, 4) is 11.4 Å². The van der Waals surface area contributed by atoms with Gasteiger partial charge in [0.2, 0.25) is 5.65 Å². The summed E-state index contributed by atoms with van der Waals surface area (Å²) < 4.78 is 2.01. The predicted octanol–water partition coefficient (Wildman–Crippen LogP) is 1.12. The van der Waals surface area contributed by atoms with Crippen molar-refractivity contribution >= 4 is 22.5 Å². The van der Waals surface area contributed by atoms with Gasteiger partial charge in [-0.1, -0.05) is 0 Å². The lowest BCUT2D eigenvalue weighted by Gasteiger charge is -2.33. The minimum absolute atomic E-state index is 0.744. The maximum atomic E-state index is 4.95. The fourth-order valence-corrected chi connectivity index (χ4v) is 3.51. The highest BCUT2D eigenvalue weighted by atomic mass is 15.3. The fraction of sp³-hybridized carbons (Fsp3) is 0.353. The largest absolute Gasteiger partial charge is 0.351 e. The normalized spacial score (nSPS) is 16.0. The molecule has 0 radical (unpaired) electrons. The van der Waals surface area contributed by atoms with Crippen LogP contribution in [0, 0.1) is 6.92 Å². The quantitative estimate of drug-likeness (QED) is 0.580. The van der Waals surface area contributed by atoms with E-state index < -0.39 is 0 Å². The Kier molecular flexibility index (Phi) is 3.35. The van der Waals surface area contributed by atoms with Crippen LogP contribution in [0.2, 0.25) is 0 Å². The van der Waals surface area contributed by atoms with Gasteiger partial charge in [-0.25, -0.2) is 9.97 Å². The molecular weight excluding hydrogens is 330 g/mol. The molecule has 26 heavy (non-hydrogen) atoms. The SMILES string of the molecule is Cc1cc2nc(N3CCN(C)CC3)c3nncn3c2cc1-c1ncn[nH]1. The van der Waals surface area contributed by atoms with Crippen molar-refractivity contribution in [3.05, 3.63) is 30.4 Å². The molecule has 9 heteroatoms. The minimum atomic E-state index is 0.744. The lowest BCUT2D eigenvalue weighted by molar-refractivity contribution is 0.312. The van der Waals surface area contributed by atoms with E-state index in [1.165, 1.54) is 6.33 Å². The summed E-state index contributed by atoms with van der Waals surface area (Å²) in [6.07, 6.45) is 3.26. The van der Waals surface area contributed by atoms with Crippen LogP contribution in [0.15, 0.2) is 24.8 Å². The smallest absolute Gasteiger partial charge is 0.204 e. The van der Waals surface area contributed by atoms with Gasteiger partial charge >= 0.3 is 0 Å². The summed E-state index contributed by atoms with van der Waals surface area (Å²) in [7, 11) is 2.15. The molecule has 0 aliphatic carbocycles. The van der Waals surface area contributed by atoms with Gasteiger partial charge in [0.1, 0.15) is 12.7 Å². The number of aromatic amines is 1. The molecule has 0 amide bonds. The highest BCUT2D eigenvalue weighted by Crippen LogP contribution is 2.29. The van der Waals surface area contributed by atoms with E-state index in [0.29, 0.717) is 0 Å². The molecule has 3 aromatic heterocycles. The van der Waals surface area contributed by atoms with Crippen LogP contribution in [-0.2, 0) is 0 Å². The Balaban J connectivity index is 1.71. The number of likely N-dealkylation sites (N-methyl/N-ethyl adjacent to an activating group) is 1. The van der Waals surface area contributed by atoms with E-state index in [-0.39, 0.29) is 0 Å². The number of hydrogen-bond acceptors (Lipinski definition) is 7. The zero-order chi connectivity index (χ0) is 17.7. The maximum absolute atomic E-state index is 4.95. The first-order chi connectivity index (χ1) is 12.7. The third-order valence-electron chi connectivity index (χ3n) is 5.03. The Labute approximate surface area is 149 Å². The molecule has 4 heterocycles. The molecule has 0 unspecified atom stereocenters. The first-order valence-corrected chi connectivity index (χ1v) is 8.64. The van der Waals surface area contributed by atoms with Crippen LogP contribution in [0.3, 0.4) is 0 Å². The first-order valence-electron chi connectivity index (χ1n) is 8.64. The zero-order valence-corrected chi connectivity index (χ0v) is 14.7. The molecule has 1 saturated heterocycles. The molecule has 1 N–H and O–H groups in total. The maximum Gasteiger partial charge on any atom is 0.204 e. The zero-order valence-electron chi connectivity index (χ0n) is 14.7. The third kappa shape index (κ3) is 2.31. The van der Waals surface area contributed by atoms with Crippen molar-refractivity contribution in [1.29, 1.82) is 0 Å². The number of nitrogens with zero attached hydrogens (tertiary/aromatic N) is 8. The molecule has 4 aromatic rings. The number of nitrogens with one attached hydrogen (secondary N) is 1. The van der Waals surface area contributed by atoms with Crippen molar-refractivity contribution in [2.75, 3.05) is 38.1 Å². The molecule has 5 rings (SSSR count). The highest BCUT2D eigenvalue weighted by molar-refractivity contribution is 5.87. The summed E-state index contributed by atoms with van der Waals surface area (Å²) >= 11 is 0. The van der Waals surface area contributed by atoms with Crippen LogP contribution in [0.25, 0.3) is 28.1 Å². The first kappa shape index (κ1) is 15.2. The second-order valence-electron chi connectivity index (χ2n) is 6.74. The lowest BCUT2D eigenvalue weighted by atomic mass is 10.1. The topological polar surface area (TPSA) is 91.1 Å². The molecule has 9 nitrogen and oxygen atoms in total. The van der Waals surface area contributed by atoms with Crippen molar-refractivity contribution in [2.24, 2.45) is 0 Å². The van der Waals surface area contributed by atoms with Crippen molar-refractivity contribution in [3.63, 3.8) is 0 Å². The van der Waals surface area contributed by atoms with Crippen LogP contribution in [0.5, 0.6) is 0 Å². The molecule has 0 saturated carbocycles. The summed E-state index contributed by atoms with van der Waals surface area (Å²) in [6.45, 7) is 5.97. The third-order valence-corrected chi connectivity index (χ3v) is 5.03. The number of aromatic nitrogens is 7. The van der Waals surface area contributed by atoms with Gasteiger partial charge in [-0.15, -0.1) is 10.2 Å². The molecular formula is C17H19N9. The van der Waals surface area contributed by atoms with Gasteiger partial charge < -0.3 is 9.80 Å². The van der Waals surface area contributed by atoms with Crippen LogP contribution >= 0.6 is 0 Å². The number of rotatable bonds is 2. The fourth-order valence-electron chi connectivity index (χ4n) is 3.51. The summed E-state index contributed by atoms with van der Waals surface area (Å²) in [6, 6.07) is 4.16. The van der Waals surface area contributed by atoms with Gasteiger partial charge in [0.25, 0.3) is 0 Å². The van der Waals surface area contributed by atoms with Crippen molar-refractivity contribution in [1.82, 2.24) is 39.7 Å². The van der Waals surface area contributed by atoms with Crippen molar-refractivity contribution < 1.29 is 0 Å². The predicted molar refractivity (Wildman–Crippen MR) is 98.1 cm³/mol. The van der Waals surface area contributed by atoms with Crippen LogP contribution in [-0.4, -0.2) is 72.9 Å². The Morgan fingerprint density at radius 3 is 2.73 bits per heavy atom. The van der Waals surface area contributed by atoms with E-state index in [1.54, 1.807) is 6.33 Å². The minimum Gasteiger partial charge on any atom is -0.351 e. The van der Waals surface area contributed by atoms with E-state index in [2.05, 4.69) is 61.3 Å². The molecule has 1 aliphatic heterocycles. The summed E-state index contributed by atoms with van der Waals surface area (Å²) in [5, 5.41) is 15.4. The van der Waals surface area contributed by atoms with Gasteiger partial charge in [0.05, 0.1) is 11.0 Å². The second kappa shape index (κ2) is 5.73. The van der Waals surface area contributed by atoms with Gasteiger partial charge in [0, 0.05) is 31.7 Å². The van der Waals surface area contributed by atoms with Crippen LogP contribution in [0.4, 0.5) is 5.82 Å². The Hall–Kier alpha value is -3.07.